The van der Waals surface area contributed by atoms with Gasteiger partial charge in [-0.25, -0.2) is 18.6 Å². The highest BCUT2D eigenvalue weighted by atomic mass is 35.5. The molecule has 5 rings (SSSR count). The molecule has 0 bridgehead atoms. The van der Waals surface area contributed by atoms with E-state index in [1.807, 2.05) is 12.1 Å². The summed E-state index contributed by atoms with van der Waals surface area (Å²) < 4.78 is 30.4. The van der Waals surface area contributed by atoms with Crippen molar-refractivity contribution in [2.75, 3.05) is 24.5 Å². The number of nitrogens with two attached hydrogens (primary N) is 1. The largest absolute Gasteiger partial charge is 0.477 e. The Bertz CT molecular complexity index is 1430. The molecule has 2 aliphatic rings. The second-order valence-electron chi connectivity index (χ2n) is 8.86. The Morgan fingerprint density at radius 2 is 2.06 bits per heavy atom. The van der Waals surface area contributed by atoms with Crippen molar-refractivity contribution in [2.45, 2.75) is 25.2 Å². The van der Waals surface area contributed by atoms with Crippen molar-refractivity contribution in [3.63, 3.8) is 0 Å². The molecule has 188 valence electrons. The Morgan fingerprint density at radius 1 is 1.33 bits per heavy atom. The summed E-state index contributed by atoms with van der Waals surface area (Å²) in [5, 5.41) is 14.0. The lowest BCUT2D eigenvalue weighted by Gasteiger charge is -2.19. The van der Waals surface area contributed by atoms with Gasteiger partial charge >= 0.3 is 5.97 Å². The lowest BCUT2D eigenvalue weighted by Crippen LogP contribution is -2.26. The van der Waals surface area contributed by atoms with Gasteiger partial charge in [0.15, 0.2) is 11.6 Å². The van der Waals surface area contributed by atoms with Gasteiger partial charge < -0.3 is 25.1 Å². The summed E-state index contributed by atoms with van der Waals surface area (Å²) in [6.07, 6.45) is 0.0416. The van der Waals surface area contributed by atoms with Crippen LogP contribution in [-0.2, 0) is 11.4 Å². The first-order chi connectivity index (χ1) is 17.3. The topological polar surface area (TPSA) is 123 Å². The Labute approximate surface area is 208 Å². The van der Waals surface area contributed by atoms with E-state index >= 15 is 4.39 Å². The lowest BCUT2D eigenvalue weighted by atomic mass is 10.1. The number of carbonyl (C=O) groups is 1. The monoisotopic (exact) mass is 517 g/mol. The second kappa shape index (κ2) is 9.47. The number of hydrogen-bond acceptors (Lipinski definition) is 7. The molecule has 1 aliphatic heterocycles. The number of aromatic carboxylic acids is 1. The molecule has 0 radical (unpaired) electrons. The minimum absolute atomic E-state index is 0.0280. The molecule has 1 aromatic carbocycles. The first-order valence-corrected chi connectivity index (χ1v) is 11.7. The van der Waals surface area contributed by atoms with Gasteiger partial charge in [-0.3, -0.25) is 4.79 Å². The second-order valence-corrected chi connectivity index (χ2v) is 9.30. The van der Waals surface area contributed by atoms with Crippen molar-refractivity contribution in [1.82, 2.24) is 9.55 Å². The molecular weight excluding hydrogens is 496 g/mol. The first-order valence-electron chi connectivity index (χ1n) is 11.3. The normalized spacial score (nSPS) is 22.4. The lowest BCUT2D eigenvalue weighted by molar-refractivity contribution is 0.0694. The van der Waals surface area contributed by atoms with E-state index in [0.717, 1.165) is 17.8 Å². The van der Waals surface area contributed by atoms with E-state index in [9.17, 15) is 19.1 Å². The number of alkyl halides is 1. The summed E-state index contributed by atoms with van der Waals surface area (Å²) in [6.45, 7) is 0.948. The molecule has 3 heterocycles. The Kier molecular flexibility index (Phi) is 6.35. The van der Waals surface area contributed by atoms with Gasteiger partial charge in [0.25, 0.3) is 0 Å². The van der Waals surface area contributed by atoms with E-state index in [0.29, 0.717) is 17.3 Å². The zero-order valence-corrected chi connectivity index (χ0v) is 19.7. The van der Waals surface area contributed by atoms with E-state index in [-0.39, 0.29) is 48.9 Å². The number of carboxylic acid groups (broad SMARTS) is 1. The summed E-state index contributed by atoms with van der Waals surface area (Å²) in [5.41, 5.74) is 5.98. The number of pyridine rings is 2. The summed E-state index contributed by atoms with van der Waals surface area (Å²) >= 11 is 5.89. The van der Waals surface area contributed by atoms with Gasteiger partial charge in [-0.1, -0.05) is 28.9 Å². The number of anilines is 1. The van der Waals surface area contributed by atoms with Crippen LogP contribution in [0.3, 0.4) is 0 Å². The molecule has 3 atom stereocenters. The fraction of sp³-hybridized carbons (Fsp3) is 0.333. The number of halogens is 3. The van der Waals surface area contributed by atoms with Gasteiger partial charge in [0.1, 0.15) is 24.0 Å². The number of carboxylic acids is 1. The average molecular weight is 518 g/mol. The van der Waals surface area contributed by atoms with Crippen molar-refractivity contribution < 1.29 is 23.5 Å². The standard InChI is InChI=1S/C24H22ClF2N5O4/c25-14-3-1-12(2-4-14)11-36-30-19-10-31(8-13(19)7-28)23-18(27)5-15-21(33)16(24(34)35)9-32(22(15)29-23)20-6-17(20)26/h1-5,9,13,17,20H,6-8,10-11,28H2,(H,34,35)/b30-19+/t13?,17-,20+/m0/s1. The summed E-state index contributed by atoms with van der Waals surface area (Å²) in [5.74, 6) is -2.56. The van der Waals surface area contributed by atoms with Crippen LogP contribution in [0, 0.1) is 11.7 Å². The minimum Gasteiger partial charge on any atom is -0.477 e. The zero-order chi connectivity index (χ0) is 25.6. The number of nitrogens with zero attached hydrogens (tertiary/aromatic N) is 4. The molecule has 1 saturated carbocycles. The molecule has 1 aliphatic carbocycles. The first kappa shape index (κ1) is 24.1. The maximum absolute atomic E-state index is 15.2. The number of fused-ring (bicyclic) bond motifs is 1. The quantitative estimate of drug-likeness (QED) is 0.461. The third kappa shape index (κ3) is 4.51. The molecule has 9 nitrogen and oxygen atoms in total. The van der Waals surface area contributed by atoms with Crippen LogP contribution in [0.5, 0.6) is 0 Å². The van der Waals surface area contributed by atoms with Gasteiger partial charge in [0, 0.05) is 36.6 Å². The van der Waals surface area contributed by atoms with Gasteiger partial charge in [-0.15, -0.1) is 0 Å². The third-order valence-corrected chi connectivity index (χ3v) is 6.64. The summed E-state index contributed by atoms with van der Waals surface area (Å²) in [4.78, 5) is 35.7. The molecule has 12 heteroatoms. The van der Waals surface area contributed by atoms with Gasteiger partial charge in [0.05, 0.1) is 23.7 Å². The van der Waals surface area contributed by atoms with Gasteiger partial charge in [-0.2, -0.15) is 0 Å². The number of rotatable bonds is 7. The number of aromatic nitrogens is 2. The highest BCUT2D eigenvalue weighted by Crippen LogP contribution is 2.40. The van der Waals surface area contributed by atoms with E-state index in [2.05, 4.69) is 10.1 Å². The van der Waals surface area contributed by atoms with Crippen LogP contribution in [-0.4, -0.2) is 52.1 Å². The fourth-order valence-corrected chi connectivity index (χ4v) is 4.44. The molecule has 0 spiro atoms. The van der Waals surface area contributed by atoms with Crippen molar-refractivity contribution >= 4 is 40.1 Å². The predicted octanol–water partition coefficient (Wildman–Crippen LogP) is 3.14. The molecule has 1 saturated heterocycles. The van der Waals surface area contributed by atoms with Crippen molar-refractivity contribution in [3.8, 4) is 0 Å². The smallest absolute Gasteiger partial charge is 0.341 e. The Morgan fingerprint density at radius 3 is 2.69 bits per heavy atom. The summed E-state index contributed by atoms with van der Waals surface area (Å²) in [7, 11) is 0. The molecule has 1 unspecified atom stereocenters. The van der Waals surface area contributed by atoms with E-state index in [4.69, 9.17) is 22.2 Å². The van der Waals surface area contributed by atoms with E-state index in [1.54, 1.807) is 17.0 Å². The Balaban J connectivity index is 1.46. The molecule has 2 aromatic heterocycles. The van der Waals surface area contributed by atoms with Gasteiger partial charge in [-0.05, 0) is 23.8 Å². The Hall–Kier alpha value is -3.57. The average Bonchev–Trinajstić information content (AvgIpc) is 3.43. The van der Waals surface area contributed by atoms with Crippen LogP contribution in [0.1, 0.15) is 28.4 Å². The fourth-order valence-electron chi connectivity index (χ4n) is 4.31. The minimum atomic E-state index is -1.47. The third-order valence-electron chi connectivity index (χ3n) is 6.38. The van der Waals surface area contributed by atoms with Crippen molar-refractivity contribution in [3.05, 3.63) is 68.7 Å². The number of oxime groups is 1. The van der Waals surface area contributed by atoms with E-state index < -0.39 is 35.0 Å². The molecular formula is C24H22ClF2N5O4. The van der Waals surface area contributed by atoms with Crippen LogP contribution < -0.4 is 16.1 Å². The highest BCUT2D eigenvalue weighted by molar-refractivity contribution is 6.30. The zero-order valence-electron chi connectivity index (χ0n) is 18.9. The van der Waals surface area contributed by atoms with Crippen molar-refractivity contribution in [2.24, 2.45) is 16.8 Å². The maximum atomic E-state index is 15.2. The SMILES string of the molecule is NCC1CN(c2nc3c(cc2F)c(=O)c(C(=O)O)cn3[C@@H]2C[C@@H]2F)C/C1=N\OCc1ccc(Cl)cc1. The predicted molar refractivity (Wildman–Crippen MR) is 130 cm³/mol. The summed E-state index contributed by atoms with van der Waals surface area (Å²) in [6, 6.07) is 7.42. The van der Waals surface area contributed by atoms with Crippen LogP contribution in [0.4, 0.5) is 14.6 Å². The molecule has 36 heavy (non-hydrogen) atoms. The molecule has 2 fully saturated rings. The number of hydrogen-bond donors (Lipinski definition) is 2. The van der Waals surface area contributed by atoms with Crippen LogP contribution in [0.25, 0.3) is 11.0 Å². The van der Waals surface area contributed by atoms with Crippen LogP contribution in [0.15, 0.2) is 46.5 Å². The van der Waals surface area contributed by atoms with E-state index in [1.165, 1.54) is 4.57 Å². The highest BCUT2D eigenvalue weighted by Gasteiger charge is 2.41. The van der Waals surface area contributed by atoms with Crippen LogP contribution >= 0.6 is 11.6 Å². The number of benzene rings is 1. The van der Waals surface area contributed by atoms with Crippen molar-refractivity contribution in [1.29, 1.82) is 0 Å². The molecule has 0 amide bonds. The van der Waals surface area contributed by atoms with Gasteiger partial charge in [0.2, 0.25) is 5.43 Å². The molecule has 3 N–H and O–H groups in total. The maximum Gasteiger partial charge on any atom is 0.341 e. The van der Waals surface area contributed by atoms with Crippen LogP contribution in [0.2, 0.25) is 5.02 Å². The molecule has 3 aromatic rings.